The molecule has 25 heavy (non-hydrogen) atoms. The van der Waals surface area contributed by atoms with Gasteiger partial charge in [-0.15, -0.1) is 0 Å². The van der Waals surface area contributed by atoms with E-state index in [1.165, 1.54) is 31.5 Å². The molecule has 6 nitrogen and oxygen atoms in total. The number of rotatable bonds is 10. The monoisotopic (exact) mass is 347 g/mol. The van der Waals surface area contributed by atoms with E-state index in [-0.39, 0.29) is 12.5 Å². The molecule has 2 amide bonds. The van der Waals surface area contributed by atoms with Gasteiger partial charge in [0.15, 0.2) is 0 Å². The van der Waals surface area contributed by atoms with Gasteiger partial charge < -0.3 is 15.8 Å². The van der Waals surface area contributed by atoms with Crippen molar-refractivity contribution in [3.8, 4) is 5.75 Å². The van der Waals surface area contributed by atoms with Crippen LogP contribution in [0.5, 0.6) is 5.75 Å². The number of hydrogen-bond donors (Lipinski definition) is 2. The van der Waals surface area contributed by atoms with E-state index in [9.17, 15) is 9.59 Å². The van der Waals surface area contributed by atoms with E-state index < -0.39 is 5.91 Å². The molecule has 1 atom stereocenters. The summed E-state index contributed by atoms with van der Waals surface area (Å²) in [7, 11) is 0. The number of primary amides is 1. The summed E-state index contributed by atoms with van der Waals surface area (Å²) in [5.41, 5.74) is 6.26. The number of hydrogen-bond acceptors (Lipinski definition) is 4. The third-order valence-electron chi connectivity index (χ3n) is 4.56. The van der Waals surface area contributed by atoms with E-state index in [0.717, 1.165) is 12.2 Å². The molecular formula is C19H29N3O3. The Balaban J connectivity index is 1.68. The molecule has 1 saturated heterocycles. The van der Waals surface area contributed by atoms with E-state index in [4.69, 9.17) is 10.5 Å². The highest BCUT2D eigenvalue weighted by Crippen LogP contribution is 2.27. The van der Waals surface area contributed by atoms with Crippen LogP contribution in [0.2, 0.25) is 0 Å². The molecule has 2 rings (SSSR count). The first-order chi connectivity index (χ1) is 12.1. The summed E-state index contributed by atoms with van der Waals surface area (Å²) in [5, 5.41) is 2.48. The molecule has 1 aromatic rings. The third kappa shape index (κ3) is 6.74. The number of likely N-dealkylation sites (tertiary alicyclic amines) is 1. The van der Waals surface area contributed by atoms with Crippen LogP contribution in [0, 0.1) is 0 Å². The lowest BCUT2D eigenvalue weighted by Gasteiger charge is -2.24. The average molecular weight is 347 g/mol. The van der Waals surface area contributed by atoms with Gasteiger partial charge in [0.2, 0.25) is 11.8 Å². The minimum atomic E-state index is -0.528. The maximum atomic E-state index is 11.5. The van der Waals surface area contributed by atoms with Gasteiger partial charge in [-0.05, 0) is 63.4 Å². The highest BCUT2D eigenvalue weighted by atomic mass is 16.5. The standard InChI is InChI=1S/C19H29N3O3/c1-15(22-10-3-4-11-22)16-7-6-8-17(13-16)25-12-5-2-9-19(24)21-14-18(20)23/h6-8,13,15H,2-5,9-12,14H2,1H3,(H2,20,23)(H,21,24). The summed E-state index contributed by atoms with van der Waals surface area (Å²) >= 11 is 0. The summed E-state index contributed by atoms with van der Waals surface area (Å²) in [5.74, 6) is 0.196. The highest BCUT2D eigenvalue weighted by Gasteiger charge is 2.19. The first-order valence-electron chi connectivity index (χ1n) is 9.08. The van der Waals surface area contributed by atoms with E-state index >= 15 is 0 Å². The molecule has 3 N–H and O–H groups in total. The molecule has 6 heteroatoms. The molecule has 1 aromatic carbocycles. The van der Waals surface area contributed by atoms with Gasteiger partial charge in [0.25, 0.3) is 0 Å². The normalized spacial score (nSPS) is 15.7. The molecule has 0 aromatic heterocycles. The third-order valence-corrected chi connectivity index (χ3v) is 4.56. The number of carbonyl (C=O) groups excluding carboxylic acids is 2. The van der Waals surface area contributed by atoms with Crippen molar-refractivity contribution in [2.45, 2.75) is 45.1 Å². The molecule has 1 aliphatic rings. The van der Waals surface area contributed by atoms with Crippen molar-refractivity contribution in [1.29, 1.82) is 0 Å². The van der Waals surface area contributed by atoms with Gasteiger partial charge in [0.1, 0.15) is 5.75 Å². The fourth-order valence-corrected chi connectivity index (χ4v) is 3.06. The molecule has 0 aliphatic carbocycles. The van der Waals surface area contributed by atoms with Gasteiger partial charge in [-0.2, -0.15) is 0 Å². The lowest BCUT2D eigenvalue weighted by atomic mass is 10.1. The molecule has 138 valence electrons. The molecular weight excluding hydrogens is 318 g/mol. The zero-order chi connectivity index (χ0) is 18.1. The Morgan fingerprint density at radius 2 is 2.04 bits per heavy atom. The Labute approximate surface area is 149 Å². The number of nitrogens with two attached hydrogens (primary N) is 1. The van der Waals surface area contributed by atoms with E-state index in [2.05, 4.69) is 29.3 Å². The lowest BCUT2D eigenvalue weighted by molar-refractivity contribution is -0.124. The van der Waals surface area contributed by atoms with Crippen molar-refractivity contribution >= 4 is 11.8 Å². The zero-order valence-electron chi connectivity index (χ0n) is 15.0. The van der Waals surface area contributed by atoms with E-state index in [1.807, 2.05) is 12.1 Å². The van der Waals surface area contributed by atoms with Crippen LogP contribution in [0.15, 0.2) is 24.3 Å². The summed E-state index contributed by atoms with van der Waals surface area (Å²) < 4.78 is 5.82. The Hall–Kier alpha value is -2.08. The largest absolute Gasteiger partial charge is 0.494 e. The Morgan fingerprint density at radius 1 is 1.28 bits per heavy atom. The maximum Gasteiger partial charge on any atom is 0.236 e. The number of ether oxygens (including phenoxy) is 1. The molecule has 0 radical (unpaired) electrons. The summed E-state index contributed by atoms with van der Waals surface area (Å²) in [6.45, 7) is 5.06. The van der Waals surface area contributed by atoms with Crippen molar-refractivity contribution in [1.82, 2.24) is 10.2 Å². The van der Waals surface area contributed by atoms with Gasteiger partial charge in [-0.1, -0.05) is 12.1 Å². The molecule has 0 bridgehead atoms. The topological polar surface area (TPSA) is 84.7 Å². The predicted molar refractivity (Wildman–Crippen MR) is 97.2 cm³/mol. The average Bonchev–Trinajstić information content (AvgIpc) is 3.14. The number of unbranched alkanes of at least 4 members (excludes halogenated alkanes) is 1. The lowest BCUT2D eigenvalue weighted by Crippen LogP contribution is -2.33. The number of benzene rings is 1. The minimum Gasteiger partial charge on any atom is -0.494 e. The van der Waals surface area contributed by atoms with Gasteiger partial charge in [-0.3, -0.25) is 14.5 Å². The zero-order valence-corrected chi connectivity index (χ0v) is 15.0. The van der Waals surface area contributed by atoms with E-state index in [1.54, 1.807) is 0 Å². The highest BCUT2D eigenvalue weighted by molar-refractivity contribution is 5.83. The summed E-state index contributed by atoms with van der Waals surface area (Å²) in [4.78, 5) is 24.5. The molecule has 1 heterocycles. The second-order valence-electron chi connectivity index (χ2n) is 6.54. The van der Waals surface area contributed by atoms with Gasteiger partial charge in [-0.25, -0.2) is 0 Å². The number of nitrogens with one attached hydrogen (secondary N) is 1. The fourth-order valence-electron chi connectivity index (χ4n) is 3.06. The Morgan fingerprint density at radius 3 is 2.76 bits per heavy atom. The second kappa shape index (κ2) is 10.0. The van der Waals surface area contributed by atoms with Crippen LogP contribution < -0.4 is 15.8 Å². The van der Waals surface area contributed by atoms with Crippen LogP contribution in [0.4, 0.5) is 0 Å². The quantitative estimate of drug-likeness (QED) is 0.634. The predicted octanol–water partition coefficient (Wildman–Crippen LogP) is 1.99. The van der Waals surface area contributed by atoms with Crippen LogP contribution in [-0.2, 0) is 9.59 Å². The summed E-state index contributed by atoms with van der Waals surface area (Å²) in [6.07, 6.45) is 4.45. The van der Waals surface area contributed by atoms with E-state index in [0.29, 0.717) is 25.5 Å². The summed E-state index contributed by atoms with van der Waals surface area (Å²) in [6, 6.07) is 8.69. The maximum absolute atomic E-state index is 11.5. The van der Waals surface area contributed by atoms with Gasteiger partial charge >= 0.3 is 0 Å². The molecule has 0 saturated carbocycles. The number of carbonyl (C=O) groups is 2. The van der Waals surface area contributed by atoms with Crippen molar-refractivity contribution in [3.63, 3.8) is 0 Å². The molecule has 1 unspecified atom stereocenters. The van der Waals surface area contributed by atoms with Crippen LogP contribution in [0.25, 0.3) is 0 Å². The van der Waals surface area contributed by atoms with Crippen molar-refractivity contribution < 1.29 is 14.3 Å². The van der Waals surface area contributed by atoms with Crippen molar-refractivity contribution in [2.24, 2.45) is 5.73 Å². The van der Waals surface area contributed by atoms with Crippen molar-refractivity contribution in [3.05, 3.63) is 29.8 Å². The first kappa shape index (κ1) is 19.2. The van der Waals surface area contributed by atoms with Crippen LogP contribution in [0.1, 0.15) is 50.6 Å². The van der Waals surface area contributed by atoms with Gasteiger partial charge in [0, 0.05) is 12.5 Å². The van der Waals surface area contributed by atoms with Crippen LogP contribution in [-0.4, -0.2) is 43.0 Å². The van der Waals surface area contributed by atoms with Crippen LogP contribution >= 0.6 is 0 Å². The SMILES string of the molecule is CC(c1cccc(OCCCCC(=O)NCC(N)=O)c1)N1CCCC1. The molecule has 1 aliphatic heterocycles. The second-order valence-corrected chi connectivity index (χ2v) is 6.54. The van der Waals surface area contributed by atoms with Crippen molar-refractivity contribution in [2.75, 3.05) is 26.2 Å². The smallest absolute Gasteiger partial charge is 0.236 e. The first-order valence-corrected chi connectivity index (χ1v) is 9.08. The fraction of sp³-hybridized carbons (Fsp3) is 0.579. The Bertz CT molecular complexity index is 571. The molecule has 0 spiro atoms. The van der Waals surface area contributed by atoms with Gasteiger partial charge in [0.05, 0.1) is 13.2 Å². The molecule has 1 fully saturated rings. The minimum absolute atomic E-state index is 0.0999. The number of amides is 2. The number of nitrogens with zero attached hydrogens (tertiary/aromatic N) is 1. The Kier molecular flexibility index (Phi) is 7.73. The van der Waals surface area contributed by atoms with Crippen LogP contribution in [0.3, 0.4) is 0 Å².